The molecule has 2 heterocycles. The molecule has 0 radical (unpaired) electrons. The molecule has 1 fully saturated rings. The van der Waals surface area contributed by atoms with Crippen LogP contribution in [0.5, 0.6) is 0 Å². The van der Waals surface area contributed by atoms with Crippen LogP contribution in [0.2, 0.25) is 0 Å². The van der Waals surface area contributed by atoms with E-state index in [1.807, 2.05) is 36.0 Å². The first-order valence-electron chi connectivity index (χ1n) is 7.58. The molecule has 2 aromatic rings. The Morgan fingerprint density at radius 2 is 2.26 bits per heavy atom. The fourth-order valence-corrected chi connectivity index (χ4v) is 3.13. The molecule has 122 valence electrons. The van der Waals surface area contributed by atoms with Crippen LogP contribution < -0.4 is 0 Å². The first-order chi connectivity index (χ1) is 11.3. The molecule has 8 heteroatoms. The van der Waals surface area contributed by atoms with Crippen molar-refractivity contribution in [3.63, 3.8) is 0 Å². The number of rotatable bonds is 5. The average Bonchev–Trinajstić information content (AvgIpc) is 3.14. The molecular formula is C15H19N5O2S. The summed E-state index contributed by atoms with van der Waals surface area (Å²) in [6.45, 7) is 3.56. The van der Waals surface area contributed by atoms with Crippen molar-refractivity contribution in [3.8, 4) is 0 Å². The van der Waals surface area contributed by atoms with E-state index in [2.05, 4.69) is 27.5 Å². The molecule has 0 spiro atoms. The van der Waals surface area contributed by atoms with Gasteiger partial charge in [0.15, 0.2) is 5.82 Å². The minimum Gasteiger partial charge on any atom is -0.377 e. The molecule has 1 unspecified atom stereocenters. The van der Waals surface area contributed by atoms with Crippen molar-refractivity contribution in [1.82, 2.24) is 25.5 Å². The second-order valence-electron chi connectivity index (χ2n) is 5.19. The fraction of sp³-hybridized carbons (Fsp3) is 0.467. The number of amides is 1. The number of nitrogens with zero attached hydrogens (tertiary/aromatic N) is 4. The van der Waals surface area contributed by atoms with Crippen molar-refractivity contribution in [2.75, 3.05) is 25.5 Å². The minimum absolute atomic E-state index is 0.0298. The lowest BCUT2D eigenvalue weighted by Crippen LogP contribution is -2.43. The zero-order chi connectivity index (χ0) is 16.1. The number of hydrogen-bond acceptors (Lipinski definition) is 6. The summed E-state index contributed by atoms with van der Waals surface area (Å²) in [5.41, 5.74) is 1.90. The zero-order valence-electron chi connectivity index (χ0n) is 12.9. The molecule has 7 nitrogen and oxygen atoms in total. The van der Waals surface area contributed by atoms with Crippen molar-refractivity contribution in [2.45, 2.75) is 18.7 Å². The third kappa shape index (κ3) is 3.70. The van der Waals surface area contributed by atoms with Crippen LogP contribution in [0.1, 0.15) is 34.7 Å². The van der Waals surface area contributed by atoms with Gasteiger partial charge in [-0.2, -0.15) is 17.0 Å². The summed E-state index contributed by atoms with van der Waals surface area (Å²) in [6, 6.07) is 7.50. The number of morpholine rings is 1. The monoisotopic (exact) mass is 333 g/mol. The van der Waals surface area contributed by atoms with Crippen molar-refractivity contribution in [2.24, 2.45) is 0 Å². The number of carbonyl (C=O) groups is 1. The summed E-state index contributed by atoms with van der Waals surface area (Å²) in [5, 5.41) is 14.0. The molecule has 1 atom stereocenters. The Morgan fingerprint density at radius 3 is 2.96 bits per heavy atom. The van der Waals surface area contributed by atoms with Gasteiger partial charge < -0.3 is 9.64 Å². The Hall–Kier alpha value is -1.93. The number of H-pyrrole nitrogens is 1. The van der Waals surface area contributed by atoms with Gasteiger partial charge in [-0.1, -0.05) is 24.3 Å². The van der Waals surface area contributed by atoms with Crippen molar-refractivity contribution in [1.29, 1.82) is 0 Å². The lowest BCUT2D eigenvalue weighted by atomic mass is 10.1. The Balaban J connectivity index is 1.75. The van der Waals surface area contributed by atoms with Crippen LogP contribution in [0, 0.1) is 0 Å². The van der Waals surface area contributed by atoms with Gasteiger partial charge in [0, 0.05) is 17.9 Å². The maximum atomic E-state index is 12.8. The fourth-order valence-electron chi connectivity index (χ4n) is 2.50. The van der Waals surface area contributed by atoms with Crippen LogP contribution in [-0.4, -0.2) is 56.9 Å². The molecule has 1 amide bonds. The Labute approximate surface area is 138 Å². The van der Waals surface area contributed by atoms with Crippen LogP contribution in [0.15, 0.2) is 24.3 Å². The molecule has 0 bridgehead atoms. The highest BCUT2D eigenvalue weighted by molar-refractivity contribution is 7.98. The van der Waals surface area contributed by atoms with Gasteiger partial charge in [0.2, 0.25) is 0 Å². The second kappa shape index (κ2) is 7.56. The number of thioether (sulfide) groups is 1. The normalized spacial score (nSPS) is 18.1. The predicted molar refractivity (Wildman–Crippen MR) is 87.1 cm³/mol. The first kappa shape index (κ1) is 15.9. The predicted octanol–water partition coefficient (Wildman–Crippen LogP) is 1.67. The third-order valence-corrected chi connectivity index (χ3v) is 4.67. The highest BCUT2D eigenvalue weighted by Crippen LogP contribution is 2.23. The highest BCUT2D eigenvalue weighted by atomic mass is 32.2. The average molecular weight is 333 g/mol. The number of aromatic amines is 1. The molecule has 1 saturated heterocycles. The number of nitrogens with one attached hydrogen (secondary N) is 1. The van der Waals surface area contributed by atoms with Crippen LogP contribution in [0.3, 0.4) is 0 Å². The molecule has 0 aliphatic carbocycles. The molecule has 23 heavy (non-hydrogen) atoms. The van der Waals surface area contributed by atoms with Crippen LogP contribution in [0.25, 0.3) is 0 Å². The number of carbonyl (C=O) groups excluding carboxylic acids is 1. The largest absolute Gasteiger partial charge is 0.377 e. The van der Waals surface area contributed by atoms with Crippen LogP contribution >= 0.6 is 11.8 Å². The lowest BCUT2D eigenvalue weighted by molar-refractivity contribution is -0.00520. The third-order valence-electron chi connectivity index (χ3n) is 3.72. The Bertz CT molecular complexity index is 632. The van der Waals surface area contributed by atoms with Gasteiger partial charge in [-0.15, -0.1) is 10.2 Å². The minimum atomic E-state index is -0.301. The van der Waals surface area contributed by atoms with Gasteiger partial charge in [-0.05, 0) is 23.4 Å². The first-order valence-corrected chi connectivity index (χ1v) is 8.73. The van der Waals surface area contributed by atoms with E-state index in [0.717, 1.165) is 11.5 Å². The van der Waals surface area contributed by atoms with Gasteiger partial charge in [-0.3, -0.25) is 4.79 Å². The van der Waals surface area contributed by atoms with Gasteiger partial charge in [-0.25, -0.2) is 0 Å². The van der Waals surface area contributed by atoms with Gasteiger partial charge >= 0.3 is 0 Å². The molecule has 1 aromatic carbocycles. The second-order valence-corrected chi connectivity index (χ2v) is 6.47. The van der Waals surface area contributed by atoms with Gasteiger partial charge in [0.05, 0.1) is 13.2 Å². The maximum Gasteiger partial charge on any atom is 0.254 e. The van der Waals surface area contributed by atoms with Crippen molar-refractivity contribution < 1.29 is 9.53 Å². The molecular weight excluding hydrogens is 314 g/mol. The van der Waals surface area contributed by atoms with E-state index in [9.17, 15) is 4.79 Å². The number of ether oxygens (including phenoxy) is 1. The van der Waals surface area contributed by atoms with Crippen molar-refractivity contribution in [3.05, 3.63) is 41.2 Å². The number of aromatic nitrogens is 4. The zero-order valence-corrected chi connectivity index (χ0v) is 13.8. The molecule has 1 aromatic heterocycles. The van der Waals surface area contributed by atoms with Crippen LogP contribution in [0.4, 0.5) is 0 Å². The topological polar surface area (TPSA) is 84.0 Å². The SMILES string of the molecule is CCSCc1ccc(C(=O)N2CCOCC2c2nn[nH]n2)cc1. The summed E-state index contributed by atoms with van der Waals surface area (Å²) in [5.74, 6) is 2.50. The van der Waals surface area contributed by atoms with E-state index in [-0.39, 0.29) is 11.9 Å². The quantitative estimate of drug-likeness (QED) is 0.896. The highest BCUT2D eigenvalue weighted by Gasteiger charge is 2.32. The molecule has 0 saturated carbocycles. The summed E-state index contributed by atoms with van der Waals surface area (Å²) in [7, 11) is 0. The number of benzene rings is 1. The van der Waals surface area contributed by atoms with E-state index in [4.69, 9.17) is 4.74 Å². The standard InChI is InChI=1S/C15H19N5O2S/c1-2-23-10-11-3-5-12(6-4-11)15(21)20-7-8-22-9-13(20)14-16-18-19-17-14/h3-6,13H,2,7-10H2,1H3,(H,16,17,18,19). The van der Waals surface area contributed by atoms with E-state index in [1.54, 1.807) is 4.90 Å². The summed E-state index contributed by atoms with van der Waals surface area (Å²) >= 11 is 1.86. The smallest absolute Gasteiger partial charge is 0.254 e. The Kier molecular flexibility index (Phi) is 5.24. The molecule has 3 rings (SSSR count). The number of hydrogen-bond donors (Lipinski definition) is 1. The molecule has 1 N–H and O–H groups in total. The van der Waals surface area contributed by atoms with E-state index < -0.39 is 0 Å². The Morgan fingerprint density at radius 1 is 1.43 bits per heavy atom. The van der Waals surface area contributed by atoms with Gasteiger partial charge in [0.25, 0.3) is 5.91 Å². The van der Waals surface area contributed by atoms with Gasteiger partial charge in [0.1, 0.15) is 6.04 Å². The molecule has 1 aliphatic rings. The summed E-state index contributed by atoms with van der Waals surface area (Å²) < 4.78 is 5.47. The van der Waals surface area contributed by atoms with E-state index >= 15 is 0 Å². The summed E-state index contributed by atoms with van der Waals surface area (Å²) in [6.07, 6.45) is 0. The summed E-state index contributed by atoms with van der Waals surface area (Å²) in [4.78, 5) is 14.6. The van der Waals surface area contributed by atoms with Crippen molar-refractivity contribution >= 4 is 17.7 Å². The maximum absolute atomic E-state index is 12.8. The van der Waals surface area contributed by atoms with E-state index in [1.165, 1.54) is 5.56 Å². The molecule has 1 aliphatic heterocycles. The van der Waals surface area contributed by atoms with E-state index in [0.29, 0.717) is 31.1 Å². The van der Waals surface area contributed by atoms with Crippen LogP contribution in [-0.2, 0) is 10.5 Å². The lowest BCUT2D eigenvalue weighted by Gasteiger charge is -2.33. The number of tetrazole rings is 1.